The largest absolute Gasteiger partial charge is 0.462 e. The van der Waals surface area contributed by atoms with Gasteiger partial charge < -0.3 is 24.0 Å². The molecule has 1 aliphatic heterocycles. The second kappa shape index (κ2) is 11.6. The molecule has 2 heterocycles. The number of aliphatic hydroxyl groups excluding tert-OH is 1. The third kappa shape index (κ3) is 5.81. The van der Waals surface area contributed by atoms with Gasteiger partial charge in [-0.3, -0.25) is 4.79 Å². The molecule has 0 radical (unpaired) electrons. The molecule has 4 rings (SSSR count). The van der Waals surface area contributed by atoms with Crippen LogP contribution in [0, 0.1) is 17.0 Å². The Bertz CT molecular complexity index is 1440. The average Bonchev–Trinajstić information content (AvgIpc) is 2.90. The molecule has 1 atom stereocenters. The SMILES string of the molecule is CCOC(=O)c1cn([C@H](CO)C(C)(C)C)c2ccc(Cc3cc(N4CCOCC4)c(F)c(Cl)c3F)cc2c1=O. The van der Waals surface area contributed by atoms with E-state index in [1.807, 2.05) is 20.8 Å². The zero-order chi connectivity index (χ0) is 28.5. The summed E-state index contributed by atoms with van der Waals surface area (Å²) in [7, 11) is 0. The molecule has 0 bridgehead atoms. The van der Waals surface area contributed by atoms with Crippen molar-refractivity contribution in [1.82, 2.24) is 4.57 Å². The summed E-state index contributed by atoms with van der Waals surface area (Å²) in [5, 5.41) is 9.87. The maximum Gasteiger partial charge on any atom is 0.343 e. The number of anilines is 1. The lowest BCUT2D eigenvalue weighted by Gasteiger charge is -2.33. The Morgan fingerprint density at radius 3 is 2.49 bits per heavy atom. The molecule has 2 aromatic carbocycles. The number of nitrogens with zero attached hydrogens (tertiary/aromatic N) is 2. The molecule has 0 aliphatic carbocycles. The van der Waals surface area contributed by atoms with Crippen LogP contribution in [0.15, 0.2) is 35.3 Å². The van der Waals surface area contributed by atoms with Gasteiger partial charge in [0.1, 0.15) is 16.4 Å². The van der Waals surface area contributed by atoms with Crippen LogP contribution in [0.3, 0.4) is 0 Å². The van der Waals surface area contributed by atoms with Gasteiger partial charge in [-0.15, -0.1) is 0 Å². The van der Waals surface area contributed by atoms with Crippen LogP contribution in [0.25, 0.3) is 10.9 Å². The number of halogens is 3. The fourth-order valence-electron chi connectivity index (χ4n) is 4.93. The molecule has 0 saturated carbocycles. The van der Waals surface area contributed by atoms with E-state index in [1.54, 1.807) is 34.6 Å². The summed E-state index contributed by atoms with van der Waals surface area (Å²) in [6.45, 7) is 9.10. The highest BCUT2D eigenvalue weighted by atomic mass is 35.5. The van der Waals surface area contributed by atoms with Gasteiger partial charge in [0.15, 0.2) is 5.82 Å². The lowest BCUT2D eigenvalue weighted by molar-refractivity contribution is 0.0522. The first-order valence-electron chi connectivity index (χ1n) is 12.9. The van der Waals surface area contributed by atoms with Crippen molar-refractivity contribution >= 4 is 34.2 Å². The van der Waals surface area contributed by atoms with Gasteiger partial charge >= 0.3 is 5.97 Å². The minimum atomic E-state index is -0.864. The number of ether oxygens (including phenoxy) is 2. The van der Waals surface area contributed by atoms with Crippen molar-refractivity contribution < 1.29 is 28.2 Å². The number of benzene rings is 2. The van der Waals surface area contributed by atoms with Crippen molar-refractivity contribution in [3.63, 3.8) is 0 Å². The van der Waals surface area contributed by atoms with Crippen molar-refractivity contribution in [2.75, 3.05) is 44.4 Å². The van der Waals surface area contributed by atoms with E-state index in [0.717, 1.165) is 0 Å². The van der Waals surface area contributed by atoms with Crippen LogP contribution in [-0.2, 0) is 15.9 Å². The molecule has 1 saturated heterocycles. The number of pyridine rings is 1. The van der Waals surface area contributed by atoms with E-state index in [2.05, 4.69) is 0 Å². The standard InChI is InChI=1S/C29H33ClF2N2O5/c1-5-39-28(37)20-15-34(23(16-35)29(2,3)4)21-7-6-17(13-19(21)27(20)36)12-18-14-22(26(32)24(30)25(18)31)33-8-10-38-11-9-33/h6-7,13-15,23,35H,5,8-12,16H2,1-4H3/t23-/m1/s1. The average molecular weight is 563 g/mol. The van der Waals surface area contributed by atoms with Crippen LogP contribution < -0.4 is 10.3 Å². The quantitative estimate of drug-likeness (QED) is 0.318. The van der Waals surface area contributed by atoms with E-state index < -0.39 is 39.5 Å². The van der Waals surface area contributed by atoms with Crippen LogP contribution in [0.5, 0.6) is 0 Å². The third-order valence-electron chi connectivity index (χ3n) is 7.05. The van der Waals surface area contributed by atoms with Gasteiger partial charge in [-0.05, 0) is 41.7 Å². The second-order valence-electron chi connectivity index (χ2n) is 10.7. The summed E-state index contributed by atoms with van der Waals surface area (Å²) in [5.74, 6) is -2.45. The molecule has 0 amide bonds. The van der Waals surface area contributed by atoms with Gasteiger partial charge in [0.2, 0.25) is 5.43 Å². The molecule has 1 N–H and O–H groups in total. The maximum absolute atomic E-state index is 15.1. The molecule has 10 heteroatoms. The highest BCUT2D eigenvalue weighted by Gasteiger charge is 2.29. The van der Waals surface area contributed by atoms with Crippen LogP contribution in [0.2, 0.25) is 5.02 Å². The molecule has 0 unspecified atom stereocenters. The lowest BCUT2D eigenvalue weighted by Crippen LogP contribution is -2.37. The van der Waals surface area contributed by atoms with E-state index in [1.165, 1.54) is 12.3 Å². The topological polar surface area (TPSA) is 81.0 Å². The minimum Gasteiger partial charge on any atom is -0.462 e. The third-order valence-corrected chi connectivity index (χ3v) is 7.38. The Morgan fingerprint density at radius 2 is 1.87 bits per heavy atom. The van der Waals surface area contributed by atoms with Crippen LogP contribution in [-0.4, -0.2) is 55.2 Å². The van der Waals surface area contributed by atoms with E-state index in [9.17, 15) is 19.1 Å². The number of morpholine rings is 1. The van der Waals surface area contributed by atoms with Crippen molar-refractivity contribution in [1.29, 1.82) is 0 Å². The maximum atomic E-state index is 15.1. The number of fused-ring (bicyclic) bond motifs is 1. The zero-order valence-corrected chi connectivity index (χ0v) is 23.3. The Balaban J connectivity index is 1.85. The molecule has 1 aromatic heterocycles. The number of carbonyl (C=O) groups excluding carboxylic acids is 1. The zero-order valence-electron chi connectivity index (χ0n) is 22.5. The smallest absolute Gasteiger partial charge is 0.343 e. The first kappa shape index (κ1) is 29.0. The predicted molar refractivity (Wildman–Crippen MR) is 147 cm³/mol. The number of hydrogen-bond acceptors (Lipinski definition) is 6. The summed E-state index contributed by atoms with van der Waals surface area (Å²) in [6.07, 6.45) is 1.47. The summed E-state index contributed by atoms with van der Waals surface area (Å²) in [5.41, 5.74) is 0.352. The van der Waals surface area contributed by atoms with E-state index >= 15 is 4.39 Å². The fourth-order valence-corrected chi connectivity index (χ4v) is 5.15. The summed E-state index contributed by atoms with van der Waals surface area (Å²) < 4.78 is 42.2. The molecule has 7 nitrogen and oxygen atoms in total. The number of aliphatic hydroxyl groups is 1. The first-order valence-corrected chi connectivity index (χ1v) is 13.3. The lowest BCUT2D eigenvalue weighted by atomic mass is 9.86. The van der Waals surface area contributed by atoms with E-state index in [-0.39, 0.29) is 41.8 Å². The number of rotatable bonds is 7. The van der Waals surface area contributed by atoms with E-state index in [4.69, 9.17) is 21.1 Å². The molecule has 210 valence electrons. The molecule has 3 aromatic rings. The van der Waals surface area contributed by atoms with Crippen molar-refractivity contribution in [3.05, 3.63) is 74.0 Å². The van der Waals surface area contributed by atoms with Crippen molar-refractivity contribution in [2.24, 2.45) is 5.41 Å². The highest BCUT2D eigenvalue weighted by molar-refractivity contribution is 6.31. The molecule has 1 aliphatic rings. The number of carbonyl (C=O) groups is 1. The van der Waals surface area contributed by atoms with Crippen LogP contribution in [0.4, 0.5) is 14.5 Å². The Hall–Kier alpha value is -3.01. The van der Waals surface area contributed by atoms with Crippen molar-refractivity contribution in [2.45, 2.75) is 40.2 Å². The monoisotopic (exact) mass is 562 g/mol. The Labute approximate surface area is 230 Å². The van der Waals surface area contributed by atoms with Gasteiger partial charge in [0.25, 0.3) is 0 Å². The first-order chi connectivity index (χ1) is 18.5. The van der Waals surface area contributed by atoms with Crippen molar-refractivity contribution in [3.8, 4) is 0 Å². The number of aromatic nitrogens is 1. The molecule has 1 fully saturated rings. The fraction of sp³-hybridized carbons (Fsp3) is 0.448. The number of hydrogen-bond donors (Lipinski definition) is 1. The summed E-state index contributed by atoms with van der Waals surface area (Å²) in [6, 6.07) is 6.04. The normalized spacial score (nSPS) is 15.0. The van der Waals surface area contributed by atoms with Gasteiger partial charge in [0, 0.05) is 31.1 Å². The molecule has 39 heavy (non-hydrogen) atoms. The molecular weight excluding hydrogens is 530 g/mol. The summed E-state index contributed by atoms with van der Waals surface area (Å²) in [4.78, 5) is 27.9. The number of esters is 1. The Morgan fingerprint density at radius 1 is 1.18 bits per heavy atom. The van der Waals surface area contributed by atoms with Crippen LogP contribution >= 0.6 is 11.6 Å². The molecular formula is C29H33ClF2N2O5. The molecule has 0 spiro atoms. The predicted octanol–water partition coefficient (Wildman–Crippen LogP) is 5.12. The second-order valence-corrected chi connectivity index (χ2v) is 11.1. The summed E-state index contributed by atoms with van der Waals surface area (Å²) >= 11 is 6.06. The van der Waals surface area contributed by atoms with Gasteiger partial charge in [-0.25, -0.2) is 13.6 Å². The van der Waals surface area contributed by atoms with E-state index in [0.29, 0.717) is 37.4 Å². The highest BCUT2D eigenvalue weighted by Crippen LogP contribution is 2.35. The van der Waals surface area contributed by atoms with Gasteiger partial charge in [-0.1, -0.05) is 38.4 Å². The van der Waals surface area contributed by atoms with Gasteiger partial charge in [0.05, 0.1) is 43.7 Å². The van der Waals surface area contributed by atoms with Crippen LogP contribution in [0.1, 0.15) is 55.2 Å². The minimum absolute atomic E-state index is 0.0326. The van der Waals surface area contributed by atoms with Gasteiger partial charge in [-0.2, -0.15) is 0 Å². The Kier molecular flexibility index (Phi) is 8.63.